The molecule has 3 heteroatoms. The van der Waals surface area contributed by atoms with Crippen LogP contribution in [0.15, 0.2) is 0 Å². The molecule has 94 valence electrons. The first-order valence-electron chi connectivity index (χ1n) is 6.53. The number of hydrogen-bond donors (Lipinski definition) is 0. The predicted molar refractivity (Wildman–Crippen MR) is 64.2 cm³/mol. The Balaban J connectivity index is 2.42. The number of ether oxygens (including phenoxy) is 1. The van der Waals surface area contributed by atoms with Crippen molar-refractivity contribution >= 4 is 5.78 Å². The molecule has 2 aliphatic rings. The Hall–Kier alpha value is -0.880. The highest BCUT2D eigenvalue weighted by atomic mass is 16.5. The SMILES string of the molecule is CCC12CCCOC1C(C)(C)C(=O)C(C#N)C2. The van der Waals surface area contributed by atoms with E-state index in [1.807, 2.05) is 13.8 Å². The third-order valence-corrected chi connectivity index (χ3v) is 4.74. The normalized spacial score (nSPS) is 40.5. The molecule has 0 amide bonds. The summed E-state index contributed by atoms with van der Waals surface area (Å²) >= 11 is 0. The zero-order valence-electron chi connectivity index (χ0n) is 11.0. The zero-order valence-corrected chi connectivity index (χ0v) is 11.0. The summed E-state index contributed by atoms with van der Waals surface area (Å²) in [6.07, 6.45) is 3.81. The van der Waals surface area contributed by atoms with Crippen molar-refractivity contribution in [2.75, 3.05) is 6.61 Å². The Morgan fingerprint density at radius 3 is 2.82 bits per heavy atom. The van der Waals surface area contributed by atoms with Gasteiger partial charge in [0.1, 0.15) is 5.92 Å². The summed E-state index contributed by atoms with van der Waals surface area (Å²) in [6.45, 7) is 6.79. The maximum Gasteiger partial charge on any atom is 0.158 e. The van der Waals surface area contributed by atoms with Gasteiger partial charge in [-0.05, 0) is 31.1 Å². The molecule has 1 aliphatic carbocycles. The van der Waals surface area contributed by atoms with Gasteiger partial charge < -0.3 is 4.74 Å². The summed E-state index contributed by atoms with van der Waals surface area (Å²) in [5, 5.41) is 9.18. The number of nitriles is 1. The molecule has 0 bridgehead atoms. The minimum atomic E-state index is -0.519. The van der Waals surface area contributed by atoms with Crippen LogP contribution in [0.25, 0.3) is 0 Å². The first-order chi connectivity index (χ1) is 7.98. The fourth-order valence-corrected chi connectivity index (χ4v) is 3.80. The molecule has 1 aliphatic heterocycles. The molecule has 0 aromatic heterocycles. The first kappa shape index (κ1) is 12.6. The summed E-state index contributed by atoms with van der Waals surface area (Å²) in [5.74, 6) is -0.376. The van der Waals surface area contributed by atoms with E-state index in [0.29, 0.717) is 6.42 Å². The first-order valence-corrected chi connectivity index (χ1v) is 6.53. The number of hydrogen-bond acceptors (Lipinski definition) is 3. The van der Waals surface area contributed by atoms with Crippen LogP contribution in [0, 0.1) is 28.1 Å². The molecular formula is C14H21NO2. The minimum absolute atomic E-state index is 0.00847. The molecule has 0 aromatic rings. The largest absolute Gasteiger partial charge is 0.377 e. The van der Waals surface area contributed by atoms with Crippen molar-refractivity contribution in [1.29, 1.82) is 5.26 Å². The van der Waals surface area contributed by atoms with E-state index in [-0.39, 0.29) is 17.3 Å². The number of carbonyl (C=O) groups is 1. The smallest absolute Gasteiger partial charge is 0.158 e. The molecule has 0 spiro atoms. The van der Waals surface area contributed by atoms with E-state index in [2.05, 4.69) is 13.0 Å². The lowest BCUT2D eigenvalue weighted by Gasteiger charge is -2.54. The molecule has 2 fully saturated rings. The molecular weight excluding hydrogens is 214 g/mol. The summed E-state index contributed by atoms with van der Waals surface area (Å²) in [6, 6.07) is 2.20. The second-order valence-electron chi connectivity index (χ2n) is 6.04. The number of ketones is 1. The van der Waals surface area contributed by atoms with Crippen molar-refractivity contribution in [1.82, 2.24) is 0 Å². The van der Waals surface area contributed by atoms with E-state index in [9.17, 15) is 10.1 Å². The Kier molecular flexibility index (Phi) is 3.03. The maximum atomic E-state index is 12.3. The second-order valence-corrected chi connectivity index (χ2v) is 6.04. The van der Waals surface area contributed by atoms with Crippen LogP contribution in [-0.2, 0) is 9.53 Å². The van der Waals surface area contributed by atoms with Gasteiger partial charge in [0, 0.05) is 6.61 Å². The van der Waals surface area contributed by atoms with Gasteiger partial charge in [0.25, 0.3) is 0 Å². The molecule has 0 N–H and O–H groups in total. The quantitative estimate of drug-likeness (QED) is 0.702. The van der Waals surface area contributed by atoms with Crippen LogP contribution in [0.3, 0.4) is 0 Å². The molecule has 1 heterocycles. The van der Waals surface area contributed by atoms with Crippen LogP contribution in [0.2, 0.25) is 0 Å². The van der Waals surface area contributed by atoms with E-state index in [1.165, 1.54) is 0 Å². The lowest BCUT2D eigenvalue weighted by atomic mass is 9.54. The van der Waals surface area contributed by atoms with Crippen molar-refractivity contribution in [2.24, 2.45) is 16.7 Å². The van der Waals surface area contributed by atoms with E-state index < -0.39 is 11.3 Å². The summed E-state index contributed by atoms with van der Waals surface area (Å²) < 4.78 is 5.92. The number of carbonyl (C=O) groups excluding carboxylic acids is 1. The van der Waals surface area contributed by atoms with E-state index in [4.69, 9.17) is 4.74 Å². The molecule has 0 radical (unpaired) electrons. The van der Waals surface area contributed by atoms with Crippen LogP contribution in [0.5, 0.6) is 0 Å². The lowest BCUT2D eigenvalue weighted by molar-refractivity contribution is -0.183. The number of rotatable bonds is 1. The van der Waals surface area contributed by atoms with Crippen molar-refractivity contribution in [2.45, 2.75) is 52.6 Å². The lowest BCUT2D eigenvalue weighted by Crippen LogP contribution is -2.58. The average molecular weight is 235 g/mol. The summed E-state index contributed by atoms with van der Waals surface area (Å²) in [5.41, 5.74) is -0.481. The van der Waals surface area contributed by atoms with E-state index in [1.54, 1.807) is 0 Å². The summed E-state index contributed by atoms with van der Waals surface area (Å²) in [7, 11) is 0. The van der Waals surface area contributed by atoms with Crippen molar-refractivity contribution in [3.05, 3.63) is 0 Å². The van der Waals surface area contributed by atoms with Gasteiger partial charge in [-0.15, -0.1) is 0 Å². The maximum absolute atomic E-state index is 12.3. The van der Waals surface area contributed by atoms with Gasteiger partial charge in [0.15, 0.2) is 5.78 Å². The van der Waals surface area contributed by atoms with Gasteiger partial charge in [-0.2, -0.15) is 5.26 Å². The highest BCUT2D eigenvalue weighted by Crippen LogP contribution is 2.54. The average Bonchev–Trinajstić information content (AvgIpc) is 2.34. The Labute approximate surface area is 103 Å². The number of nitrogens with zero attached hydrogens (tertiary/aromatic N) is 1. The second kappa shape index (κ2) is 4.10. The van der Waals surface area contributed by atoms with Crippen LogP contribution in [0.1, 0.15) is 46.5 Å². The van der Waals surface area contributed by atoms with Crippen LogP contribution < -0.4 is 0 Å². The third kappa shape index (κ3) is 1.70. The van der Waals surface area contributed by atoms with Gasteiger partial charge in [-0.1, -0.05) is 20.8 Å². The topological polar surface area (TPSA) is 50.1 Å². The minimum Gasteiger partial charge on any atom is -0.377 e. The molecule has 0 aromatic carbocycles. The molecule has 3 nitrogen and oxygen atoms in total. The van der Waals surface area contributed by atoms with Crippen LogP contribution in [0.4, 0.5) is 0 Å². The Morgan fingerprint density at radius 2 is 2.24 bits per heavy atom. The van der Waals surface area contributed by atoms with Gasteiger partial charge in [0.2, 0.25) is 0 Å². The summed E-state index contributed by atoms with van der Waals surface area (Å²) in [4.78, 5) is 12.3. The van der Waals surface area contributed by atoms with Gasteiger partial charge in [-0.25, -0.2) is 0 Å². The highest BCUT2D eigenvalue weighted by Gasteiger charge is 2.57. The van der Waals surface area contributed by atoms with E-state index >= 15 is 0 Å². The van der Waals surface area contributed by atoms with Crippen molar-refractivity contribution in [3.8, 4) is 6.07 Å². The molecule has 1 saturated carbocycles. The van der Waals surface area contributed by atoms with Gasteiger partial charge >= 0.3 is 0 Å². The van der Waals surface area contributed by atoms with E-state index in [0.717, 1.165) is 25.9 Å². The molecule has 3 atom stereocenters. The van der Waals surface area contributed by atoms with Crippen molar-refractivity contribution < 1.29 is 9.53 Å². The number of Topliss-reactive ketones (excluding diaryl/α,β-unsaturated/α-hetero) is 1. The molecule has 3 unspecified atom stereocenters. The monoisotopic (exact) mass is 235 g/mol. The van der Waals surface area contributed by atoms with Crippen LogP contribution >= 0.6 is 0 Å². The molecule has 2 rings (SSSR count). The van der Waals surface area contributed by atoms with Crippen molar-refractivity contribution in [3.63, 3.8) is 0 Å². The van der Waals surface area contributed by atoms with Gasteiger partial charge in [-0.3, -0.25) is 4.79 Å². The fourth-order valence-electron chi connectivity index (χ4n) is 3.80. The molecule has 17 heavy (non-hydrogen) atoms. The van der Waals surface area contributed by atoms with Crippen LogP contribution in [-0.4, -0.2) is 18.5 Å². The zero-order chi connectivity index (χ0) is 12.7. The number of fused-ring (bicyclic) bond motifs is 1. The van der Waals surface area contributed by atoms with Gasteiger partial charge in [0.05, 0.1) is 17.6 Å². The Morgan fingerprint density at radius 1 is 1.53 bits per heavy atom. The third-order valence-electron chi connectivity index (χ3n) is 4.74. The standard InChI is InChI=1S/C14H21NO2/c1-4-14-6-5-7-17-12(14)13(2,3)11(16)10(8-14)9-15/h10,12H,4-8H2,1-3H3. The highest BCUT2D eigenvalue weighted by molar-refractivity contribution is 5.90. The Bertz CT molecular complexity index is 369. The fraction of sp³-hybridized carbons (Fsp3) is 0.857. The predicted octanol–water partition coefficient (Wildman–Crippen LogP) is 2.70. The molecule has 1 saturated heterocycles.